The zero-order valence-electron chi connectivity index (χ0n) is 9.88. The van der Waals surface area contributed by atoms with Crippen LogP contribution in [0.5, 0.6) is 5.75 Å². The normalized spacial score (nSPS) is 12.4. The lowest BCUT2D eigenvalue weighted by atomic mass is 10.2. The average molecular weight is 236 g/mol. The molecule has 0 fully saturated rings. The van der Waals surface area contributed by atoms with Gasteiger partial charge in [0.1, 0.15) is 5.75 Å². The van der Waals surface area contributed by atoms with Crippen molar-refractivity contribution < 1.29 is 14.6 Å². The van der Waals surface area contributed by atoms with E-state index in [4.69, 9.17) is 9.84 Å². The number of hydrogen-bond acceptors (Lipinski definition) is 4. The Morgan fingerprint density at radius 3 is 3.00 bits per heavy atom. The largest absolute Gasteiger partial charge is 0.497 e. The number of likely N-dealkylation sites (N-methyl/N-ethyl adjacent to an activating group) is 1. The molecule has 0 heterocycles. The van der Waals surface area contributed by atoms with Crippen molar-refractivity contribution in [1.29, 1.82) is 0 Å². The first kappa shape index (κ1) is 13.2. The summed E-state index contributed by atoms with van der Waals surface area (Å²) in [6.07, 6.45) is 1.54. The average Bonchev–Trinajstić information content (AvgIpc) is 2.39. The van der Waals surface area contributed by atoms with E-state index in [0.29, 0.717) is 0 Å². The lowest BCUT2D eigenvalue weighted by molar-refractivity contribution is -0.122. The summed E-state index contributed by atoms with van der Waals surface area (Å²) in [5.41, 5.74) is 0.812. The van der Waals surface area contributed by atoms with Gasteiger partial charge in [0.25, 0.3) is 0 Å². The van der Waals surface area contributed by atoms with Gasteiger partial charge in [0.2, 0.25) is 5.91 Å². The number of aliphatic hydroxyl groups is 1. The quantitative estimate of drug-likeness (QED) is 0.718. The summed E-state index contributed by atoms with van der Waals surface area (Å²) in [7, 11) is 3.09. The fourth-order valence-corrected chi connectivity index (χ4v) is 1.26. The van der Waals surface area contributed by atoms with E-state index in [1.807, 2.05) is 18.2 Å². The van der Waals surface area contributed by atoms with Gasteiger partial charge in [0, 0.05) is 13.3 Å². The molecule has 0 saturated carbocycles. The highest BCUT2D eigenvalue weighted by Crippen LogP contribution is 2.10. The van der Waals surface area contributed by atoms with E-state index in [1.54, 1.807) is 19.4 Å². The lowest BCUT2D eigenvalue weighted by Crippen LogP contribution is -2.33. The topological polar surface area (TPSA) is 70.9 Å². The number of aliphatic hydroxyl groups excluding tert-OH is 1. The van der Waals surface area contributed by atoms with Crippen LogP contribution in [0.2, 0.25) is 0 Å². The highest BCUT2D eigenvalue weighted by molar-refractivity contribution is 5.86. The molecule has 5 nitrogen and oxygen atoms in total. The molecule has 92 valence electrons. The van der Waals surface area contributed by atoms with Gasteiger partial charge in [-0.3, -0.25) is 9.79 Å². The summed E-state index contributed by atoms with van der Waals surface area (Å²) in [5.74, 6) is 0.404. The molecule has 0 aliphatic heterocycles. The fourth-order valence-electron chi connectivity index (χ4n) is 1.26. The van der Waals surface area contributed by atoms with E-state index in [-0.39, 0.29) is 12.5 Å². The second kappa shape index (κ2) is 6.65. The predicted octanol–water partition coefficient (Wildman–Crippen LogP) is 0.221. The Morgan fingerprint density at radius 1 is 1.65 bits per heavy atom. The number of carbonyl (C=O) groups excluding carboxylic acids is 1. The third-order valence-corrected chi connectivity index (χ3v) is 2.22. The minimum Gasteiger partial charge on any atom is -0.497 e. The highest BCUT2D eigenvalue weighted by atomic mass is 16.5. The van der Waals surface area contributed by atoms with Crippen molar-refractivity contribution in [3.05, 3.63) is 29.8 Å². The van der Waals surface area contributed by atoms with E-state index in [1.165, 1.54) is 7.05 Å². The fraction of sp³-hybridized carbons (Fsp3) is 0.333. The molecule has 0 spiro atoms. The van der Waals surface area contributed by atoms with E-state index in [0.717, 1.165) is 11.3 Å². The van der Waals surface area contributed by atoms with E-state index >= 15 is 0 Å². The van der Waals surface area contributed by atoms with Gasteiger partial charge in [-0.05, 0) is 17.7 Å². The molecule has 1 amide bonds. The molecule has 0 aromatic heterocycles. The Hall–Kier alpha value is -1.88. The van der Waals surface area contributed by atoms with Gasteiger partial charge < -0.3 is 15.2 Å². The first-order valence-electron chi connectivity index (χ1n) is 5.21. The van der Waals surface area contributed by atoms with Crippen molar-refractivity contribution in [2.75, 3.05) is 20.8 Å². The molecule has 17 heavy (non-hydrogen) atoms. The second-order valence-electron chi connectivity index (χ2n) is 3.37. The lowest BCUT2D eigenvalue weighted by Gasteiger charge is -2.06. The monoisotopic (exact) mass is 236 g/mol. The molecule has 1 rings (SSSR count). The minimum atomic E-state index is -0.772. The molecule has 0 aliphatic rings. The van der Waals surface area contributed by atoms with Crippen LogP contribution in [-0.2, 0) is 4.79 Å². The molecule has 1 atom stereocenters. The summed E-state index contributed by atoms with van der Waals surface area (Å²) in [6.45, 7) is -0.319. The smallest absolute Gasteiger partial charge is 0.246 e. The van der Waals surface area contributed by atoms with Crippen LogP contribution in [0, 0.1) is 0 Å². The molecule has 0 bridgehead atoms. The molecule has 0 aliphatic carbocycles. The maximum Gasteiger partial charge on any atom is 0.246 e. The predicted molar refractivity (Wildman–Crippen MR) is 65.5 cm³/mol. The number of methoxy groups -OCH3 is 1. The van der Waals surface area contributed by atoms with Crippen molar-refractivity contribution >= 4 is 12.1 Å². The van der Waals surface area contributed by atoms with E-state index in [9.17, 15) is 4.79 Å². The molecular weight excluding hydrogens is 220 g/mol. The van der Waals surface area contributed by atoms with Gasteiger partial charge in [-0.2, -0.15) is 0 Å². The zero-order chi connectivity index (χ0) is 12.7. The molecule has 2 N–H and O–H groups in total. The van der Waals surface area contributed by atoms with Gasteiger partial charge in [-0.15, -0.1) is 0 Å². The van der Waals surface area contributed by atoms with Crippen molar-refractivity contribution in [2.24, 2.45) is 4.99 Å². The standard InChI is InChI=1S/C12H16N2O3/c1-13-12(16)11(8-15)14-7-9-4-3-5-10(6-9)17-2/h3-7,11,15H,8H2,1-2H3,(H,13,16). The Bertz CT molecular complexity index is 404. The number of ether oxygens (including phenoxy) is 1. The summed E-state index contributed by atoms with van der Waals surface area (Å²) in [5, 5.41) is 11.4. The molecule has 0 radical (unpaired) electrons. The van der Waals surface area contributed by atoms with Crippen LogP contribution in [0.25, 0.3) is 0 Å². The van der Waals surface area contributed by atoms with Crippen LogP contribution in [0.15, 0.2) is 29.3 Å². The molecule has 1 aromatic carbocycles. The summed E-state index contributed by atoms with van der Waals surface area (Å²) >= 11 is 0. The molecule has 1 unspecified atom stereocenters. The maximum absolute atomic E-state index is 11.3. The molecular formula is C12H16N2O3. The van der Waals surface area contributed by atoms with Crippen molar-refractivity contribution in [3.63, 3.8) is 0 Å². The van der Waals surface area contributed by atoms with Crippen LogP contribution in [0.3, 0.4) is 0 Å². The number of hydrogen-bond donors (Lipinski definition) is 2. The van der Waals surface area contributed by atoms with Crippen LogP contribution in [0.4, 0.5) is 0 Å². The third-order valence-electron chi connectivity index (χ3n) is 2.22. The van der Waals surface area contributed by atoms with Crippen LogP contribution < -0.4 is 10.1 Å². The van der Waals surface area contributed by atoms with Gasteiger partial charge in [-0.25, -0.2) is 0 Å². The SMILES string of the molecule is CNC(=O)C(CO)N=Cc1cccc(OC)c1. The highest BCUT2D eigenvalue weighted by Gasteiger charge is 2.12. The van der Waals surface area contributed by atoms with Crippen molar-refractivity contribution in [3.8, 4) is 5.75 Å². The van der Waals surface area contributed by atoms with Crippen LogP contribution in [-0.4, -0.2) is 44.0 Å². The minimum absolute atomic E-state index is 0.313. The number of rotatable bonds is 5. The molecule has 0 saturated heterocycles. The molecule has 5 heteroatoms. The molecule has 1 aromatic rings. The first-order valence-corrected chi connectivity index (χ1v) is 5.21. The maximum atomic E-state index is 11.3. The number of benzene rings is 1. The van der Waals surface area contributed by atoms with E-state index in [2.05, 4.69) is 10.3 Å². The van der Waals surface area contributed by atoms with Gasteiger partial charge in [0.15, 0.2) is 6.04 Å². The van der Waals surface area contributed by atoms with Crippen LogP contribution >= 0.6 is 0 Å². The number of carbonyl (C=O) groups is 1. The zero-order valence-corrected chi connectivity index (χ0v) is 9.88. The Balaban J connectivity index is 2.77. The van der Waals surface area contributed by atoms with Crippen LogP contribution in [0.1, 0.15) is 5.56 Å². The second-order valence-corrected chi connectivity index (χ2v) is 3.37. The number of aliphatic imine (C=N–C) groups is 1. The van der Waals surface area contributed by atoms with Crippen molar-refractivity contribution in [2.45, 2.75) is 6.04 Å². The van der Waals surface area contributed by atoms with E-state index < -0.39 is 6.04 Å². The Morgan fingerprint density at radius 2 is 2.41 bits per heavy atom. The summed E-state index contributed by atoms with van der Waals surface area (Å²) in [6, 6.07) is 6.51. The summed E-state index contributed by atoms with van der Waals surface area (Å²) < 4.78 is 5.07. The number of amides is 1. The summed E-state index contributed by atoms with van der Waals surface area (Å²) in [4.78, 5) is 15.3. The van der Waals surface area contributed by atoms with Crippen molar-refractivity contribution in [1.82, 2.24) is 5.32 Å². The van der Waals surface area contributed by atoms with Gasteiger partial charge in [0.05, 0.1) is 13.7 Å². The number of nitrogens with one attached hydrogen (secondary N) is 1. The number of nitrogens with zero attached hydrogens (tertiary/aromatic N) is 1. The van der Waals surface area contributed by atoms with Gasteiger partial charge >= 0.3 is 0 Å². The van der Waals surface area contributed by atoms with Gasteiger partial charge in [-0.1, -0.05) is 12.1 Å². The third kappa shape index (κ3) is 3.88. The first-order chi connectivity index (χ1) is 8.21. The Kier molecular flexibility index (Phi) is 5.16. The Labute approximate surface area is 100 Å².